The Hall–Kier alpha value is -1.51. The van der Waals surface area contributed by atoms with Crippen LogP contribution in [0.1, 0.15) is 36.0 Å². The molecule has 18 heavy (non-hydrogen) atoms. The van der Waals surface area contributed by atoms with E-state index in [1.165, 1.54) is 18.5 Å². The number of hydrogen-bond acceptors (Lipinski definition) is 2. The van der Waals surface area contributed by atoms with Crippen LogP contribution in [0.5, 0.6) is 0 Å². The second-order valence-corrected chi connectivity index (χ2v) is 5.24. The zero-order valence-electron chi connectivity index (χ0n) is 10.8. The van der Waals surface area contributed by atoms with Gasteiger partial charge < -0.3 is 9.80 Å². The van der Waals surface area contributed by atoms with Gasteiger partial charge in [-0.3, -0.25) is 4.79 Å². The van der Waals surface area contributed by atoms with Gasteiger partial charge in [0.25, 0.3) is 5.91 Å². The van der Waals surface area contributed by atoms with Crippen molar-refractivity contribution in [3.05, 3.63) is 29.8 Å². The minimum atomic E-state index is 0.202. The zero-order chi connectivity index (χ0) is 12.4. The molecule has 1 aromatic rings. The summed E-state index contributed by atoms with van der Waals surface area (Å²) in [5.41, 5.74) is 2.05. The zero-order valence-corrected chi connectivity index (χ0v) is 10.8. The van der Waals surface area contributed by atoms with Gasteiger partial charge in [-0.05, 0) is 43.9 Å². The van der Waals surface area contributed by atoms with Gasteiger partial charge in [0, 0.05) is 37.4 Å². The summed E-state index contributed by atoms with van der Waals surface area (Å²) in [4.78, 5) is 16.7. The maximum atomic E-state index is 12.3. The van der Waals surface area contributed by atoms with Crippen LogP contribution in [0.25, 0.3) is 0 Å². The Morgan fingerprint density at radius 2 is 1.61 bits per heavy atom. The fourth-order valence-corrected chi connectivity index (χ4v) is 2.91. The first-order chi connectivity index (χ1) is 8.84. The van der Waals surface area contributed by atoms with Gasteiger partial charge in [-0.1, -0.05) is 6.07 Å². The fraction of sp³-hybridized carbons (Fsp3) is 0.533. The number of rotatable bonds is 2. The van der Waals surface area contributed by atoms with Crippen molar-refractivity contribution >= 4 is 11.6 Å². The van der Waals surface area contributed by atoms with Crippen molar-refractivity contribution in [2.24, 2.45) is 0 Å². The first-order valence-corrected chi connectivity index (χ1v) is 6.99. The number of anilines is 1. The van der Waals surface area contributed by atoms with Crippen molar-refractivity contribution in [3.63, 3.8) is 0 Å². The largest absolute Gasteiger partial charge is 0.372 e. The average Bonchev–Trinajstić information content (AvgIpc) is 3.11. The minimum Gasteiger partial charge on any atom is -0.372 e. The highest BCUT2D eigenvalue weighted by molar-refractivity contribution is 5.95. The summed E-state index contributed by atoms with van der Waals surface area (Å²) < 4.78 is 0. The topological polar surface area (TPSA) is 23.6 Å². The third kappa shape index (κ3) is 2.22. The monoisotopic (exact) mass is 244 g/mol. The standard InChI is InChI=1S/C15H20N2O/c18-15(17-10-3-4-11-17)13-6-5-7-14(12-13)16-8-1-2-9-16/h5-7,12H,1-4,8-11H2. The van der Waals surface area contributed by atoms with Gasteiger partial charge in [0.05, 0.1) is 0 Å². The van der Waals surface area contributed by atoms with Gasteiger partial charge in [-0.25, -0.2) is 0 Å². The predicted octanol–water partition coefficient (Wildman–Crippen LogP) is 2.52. The molecule has 0 aliphatic carbocycles. The average molecular weight is 244 g/mol. The summed E-state index contributed by atoms with van der Waals surface area (Å²) in [6.45, 7) is 4.10. The third-order valence-electron chi connectivity index (χ3n) is 3.96. The first kappa shape index (κ1) is 11.6. The lowest BCUT2D eigenvalue weighted by atomic mass is 10.1. The number of carbonyl (C=O) groups is 1. The minimum absolute atomic E-state index is 0.202. The molecule has 0 aromatic heterocycles. The number of amides is 1. The molecule has 2 fully saturated rings. The molecule has 1 amide bonds. The highest BCUT2D eigenvalue weighted by Crippen LogP contribution is 2.22. The van der Waals surface area contributed by atoms with Gasteiger partial charge in [-0.15, -0.1) is 0 Å². The molecule has 1 aromatic carbocycles. The van der Waals surface area contributed by atoms with Gasteiger partial charge in [0.15, 0.2) is 0 Å². The van der Waals surface area contributed by atoms with Crippen LogP contribution in [0.3, 0.4) is 0 Å². The Balaban J connectivity index is 1.79. The van der Waals surface area contributed by atoms with E-state index < -0.39 is 0 Å². The molecule has 0 unspecified atom stereocenters. The summed E-state index contributed by atoms with van der Waals surface area (Å²) in [5, 5.41) is 0. The lowest BCUT2D eigenvalue weighted by molar-refractivity contribution is 0.0793. The van der Waals surface area contributed by atoms with Gasteiger partial charge >= 0.3 is 0 Å². The second-order valence-electron chi connectivity index (χ2n) is 5.24. The lowest BCUT2D eigenvalue weighted by Crippen LogP contribution is -2.28. The van der Waals surface area contributed by atoms with Gasteiger partial charge in [0.2, 0.25) is 0 Å². The summed E-state index contributed by atoms with van der Waals surface area (Å²) >= 11 is 0. The van der Waals surface area contributed by atoms with Crippen LogP contribution in [0, 0.1) is 0 Å². The molecule has 0 radical (unpaired) electrons. The van der Waals surface area contributed by atoms with Crippen molar-refractivity contribution in [2.45, 2.75) is 25.7 Å². The van der Waals surface area contributed by atoms with E-state index in [1.54, 1.807) is 0 Å². The van der Waals surface area contributed by atoms with E-state index in [-0.39, 0.29) is 5.91 Å². The summed E-state index contributed by atoms with van der Waals surface area (Å²) in [6, 6.07) is 8.13. The normalized spacial score (nSPS) is 19.6. The summed E-state index contributed by atoms with van der Waals surface area (Å²) in [5.74, 6) is 0.202. The lowest BCUT2D eigenvalue weighted by Gasteiger charge is -2.20. The molecule has 3 rings (SSSR count). The molecule has 2 aliphatic heterocycles. The molecule has 0 saturated carbocycles. The van der Waals surface area contributed by atoms with Crippen LogP contribution in [0.2, 0.25) is 0 Å². The number of nitrogens with zero attached hydrogens (tertiary/aromatic N) is 2. The summed E-state index contributed by atoms with van der Waals surface area (Å²) in [6.07, 6.45) is 4.84. The smallest absolute Gasteiger partial charge is 0.253 e. The molecule has 2 heterocycles. The van der Waals surface area contributed by atoms with Crippen LogP contribution in [0.4, 0.5) is 5.69 Å². The maximum absolute atomic E-state index is 12.3. The van der Waals surface area contributed by atoms with Crippen molar-refractivity contribution in [1.82, 2.24) is 4.90 Å². The Morgan fingerprint density at radius 3 is 2.33 bits per heavy atom. The Labute approximate surface area is 108 Å². The van der Waals surface area contributed by atoms with E-state index in [9.17, 15) is 4.79 Å². The predicted molar refractivity (Wildman–Crippen MR) is 73.0 cm³/mol. The molecule has 0 atom stereocenters. The van der Waals surface area contributed by atoms with Crippen molar-refractivity contribution in [2.75, 3.05) is 31.1 Å². The number of carbonyl (C=O) groups excluding carboxylic acids is 1. The quantitative estimate of drug-likeness (QED) is 0.798. The molecule has 3 nitrogen and oxygen atoms in total. The maximum Gasteiger partial charge on any atom is 0.253 e. The molecule has 2 aliphatic rings. The highest BCUT2D eigenvalue weighted by atomic mass is 16.2. The molecule has 0 N–H and O–H groups in total. The van der Waals surface area contributed by atoms with E-state index in [2.05, 4.69) is 17.0 Å². The summed E-state index contributed by atoms with van der Waals surface area (Å²) in [7, 11) is 0. The van der Waals surface area contributed by atoms with Crippen LogP contribution in [-0.4, -0.2) is 37.0 Å². The van der Waals surface area contributed by atoms with Crippen molar-refractivity contribution < 1.29 is 4.79 Å². The van der Waals surface area contributed by atoms with Gasteiger partial charge in [0.1, 0.15) is 0 Å². The van der Waals surface area contributed by atoms with Crippen molar-refractivity contribution in [3.8, 4) is 0 Å². The Bertz CT molecular complexity index is 432. The number of likely N-dealkylation sites (tertiary alicyclic amines) is 1. The second kappa shape index (κ2) is 5.01. The molecular formula is C15H20N2O. The third-order valence-corrected chi connectivity index (χ3v) is 3.96. The molecule has 3 heteroatoms. The Morgan fingerprint density at radius 1 is 0.944 bits per heavy atom. The van der Waals surface area contributed by atoms with E-state index in [0.29, 0.717) is 0 Å². The first-order valence-electron chi connectivity index (χ1n) is 6.99. The molecule has 2 saturated heterocycles. The van der Waals surface area contributed by atoms with Crippen LogP contribution < -0.4 is 4.90 Å². The highest BCUT2D eigenvalue weighted by Gasteiger charge is 2.20. The van der Waals surface area contributed by atoms with Gasteiger partial charge in [-0.2, -0.15) is 0 Å². The molecule has 0 bridgehead atoms. The molecular weight excluding hydrogens is 224 g/mol. The van der Waals surface area contributed by atoms with E-state index in [1.807, 2.05) is 17.0 Å². The SMILES string of the molecule is O=C(c1cccc(N2CCCC2)c1)N1CCCC1. The number of benzene rings is 1. The molecule has 0 spiro atoms. The van der Waals surface area contributed by atoms with Crippen LogP contribution in [0.15, 0.2) is 24.3 Å². The Kier molecular flexibility index (Phi) is 3.22. The van der Waals surface area contributed by atoms with E-state index in [4.69, 9.17) is 0 Å². The fourth-order valence-electron chi connectivity index (χ4n) is 2.91. The van der Waals surface area contributed by atoms with Crippen molar-refractivity contribution in [1.29, 1.82) is 0 Å². The molecule has 96 valence electrons. The van der Waals surface area contributed by atoms with Crippen LogP contribution >= 0.6 is 0 Å². The number of hydrogen-bond donors (Lipinski definition) is 0. The van der Waals surface area contributed by atoms with Crippen LogP contribution in [-0.2, 0) is 0 Å². The van der Waals surface area contributed by atoms with E-state index in [0.717, 1.165) is 44.6 Å². The van der Waals surface area contributed by atoms with E-state index >= 15 is 0 Å².